The lowest BCUT2D eigenvalue weighted by atomic mass is 10.0. The number of nitrogens with one attached hydrogen (secondary N) is 4. The van der Waals surface area contributed by atoms with E-state index < -0.39 is 6.09 Å². The number of ether oxygens (including phenoxy) is 1. The number of aromatic amines is 2. The normalized spacial score (nSPS) is 10.9. The molecule has 40 heavy (non-hydrogen) atoms. The number of hydrogen-bond acceptors (Lipinski definition) is 6. The van der Waals surface area contributed by atoms with E-state index in [1.165, 1.54) is 7.11 Å². The van der Waals surface area contributed by atoms with Crippen molar-refractivity contribution < 1.29 is 14.3 Å². The first-order chi connectivity index (χ1) is 19.5. The molecule has 0 bridgehead atoms. The van der Waals surface area contributed by atoms with Crippen LogP contribution >= 0.6 is 0 Å². The van der Waals surface area contributed by atoms with Crippen molar-refractivity contribution in [2.75, 3.05) is 26.7 Å². The van der Waals surface area contributed by atoms with Gasteiger partial charge in [-0.2, -0.15) is 0 Å². The highest BCUT2D eigenvalue weighted by Crippen LogP contribution is 2.26. The second-order valence-corrected chi connectivity index (χ2v) is 9.48. The van der Waals surface area contributed by atoms with Crippen molar-refractivity contribution in [1.82, 2.24) is 35.5 Å². The van der Waals surface area contributed by atoms with Gasteiger partial charge >= 0.3 is 6.09 Å². The molecule has 0 aliphatic rings. The number of rotatable bonds is 13. The summed E-state index contributed by atoms with van der Waals surface area (Å²) >= 11 is 0. The van der Waals surface area contributed by atoms with Crippen LogP contribution in [0.4, 0.5) is 4.79 Å². The summed E-state index contributed by atoms with van der Waals surface area (Å²) in [5.74, 6) is 1.42. The number of nitrogens with zero attached hydrogens (tertiary/aromatic N) is 3. The first-order valence-corrected chi connectivity index (χ1v) is 13.6. The predicted octanol–water partition coefficient (Wildman–Crippen LogP) is 4.73. The number of carbonyl (C=O) groups is 2. The maximum atomic E-state index is 12.6. The van der Waals surface area contributed by atoms with Crippen LogP contribution in [0.3, 0.4) is 0 Å². The summed E-state index contributed by atoms with van der Waals surface area (Å²) in [5, 5.41) is 5.80. The molecule has 4 rings (SSSR count). The van der Waals surface area contributed by atoms with Crippen LogP contribution in [0.2, 0.25) is 0 Å². The van der Waals surface area contributed by atoms with Crippen LogP contribution in [0.25, 0.3) is 33.6 Å². The molecule has 210 valence electrons. The van der Waals surface area contributed by atoms with Gasteiger partial charge in [-0.1, -0.05) is 62.4 Å². The van der Waals surface area contributed by atoms with Crippen molar-refractivity contribution in [2.45, 2.75) is 39.8 Å². The monoisotopic (exact) mass is 543 g/mol. The molecule has 0 radical (unpaired) electrons. The highest BCUT2D eigenvalue weighted by molar-refractivity contribution is 5.82. The van der Waals surface area contributed by atoms with E-state index >= 15 is 0 Å². The number of benzene rings is 2. The highest BCUT2D eigenvalue weighted by Gasteiger charge is 2.16. The Kier molecular flexibility index (Phi) is 10.1. The highest BCUT2D eigenvalue weighted by atomic mass is 16.5. The molecule has 4 N–H and O–H groups in total. The van der Waals surface area contributed by atoms with Gasteiger partial charge in [0.15, 0.2) is 0 Å². The summed E-state index contributed by atoms with van der Waals surface area (Å²) in [6, 6.07) is 16.7. The Morgan fingerprint density at radius 1 is 0.825 bits per heavy atom. The van der Waals surface area contributed by atoms with Gasteiger partial charge in [0.05, 0.1) is 44.0 Å². The molecule has 0 saturated carbocycles. The van der Waals surface area contributed by atoms with Gasteiger partial charge in [-0.15, -0.1) is 0 Å². The van der Waals surface area contributed by atoms with Crippen LogP contribution in [0.5, 0.6) is 0 Å². The molecular formula is C30H37N7O3. The third kappa shape index (κ3) is 7.57. The van der Waals surface area contributed by atoms with Crippen molar-refractivity contribution >= 4 is 12.0 Å². The van der Waals surface area contributed by atoms with Gasteiger partial charge < -0.3 is 30.2 Å². The number of aromatic nitrogens is 4. The Balaban J connectivity index is 1.38. The molecule has 4 aromatic rings. The van der Waals surface area contributed by atoms with Gasteiger partial charge in [0, 0.05) is 6.54 Å². The van der Waals surface area contributed by atoms with Gasteiger partial charge in [0.25, 0.3) is 0 Å². The summed E-state index contributed by atoms with van der Waals surface area (Å²) in [6.07, 6.45) is 4.91. The predicted molar refractivity (Wildman–Crippen MR) is 155 cm³/mol. The molecule has 0 aliphatic carbocycles. The average Bonchev–Trinajstić information content (AvgIpc) is 3.66. The third-order valence-electron chi connectivity index (χ3n) is 6.46. The smallest absolute Gasteiger partial charge is 0.407 e. The zero-order valence-electron chi connectivity index (χ0n) is 23.3. The van der Waals surface area contributed by atoms with E-state index in [-0.39, 0.29) is 12.5 Å². The Morgan fingerprint density at radius 2 is 1.38 bits per heavy atom. The van der Waals surface area contributed by atoms with Crippen molar-refractivity contribution in [1.29, 1.82) is 0 Å². The van der Waals surface area contributed by atoms with E-state index in [1.807, 2.05) is 13.1 Å². The lowest BCUT2D eigenvalue weighted by molar-refractivity contribution is -0.130. The van der Waals surface area contributed by atoms with Gasteiger partial charge in [0.1, 0.15) is 18.2 Å². The van der Waals surface area contributed by atoms with E-state index in [2.05, 4.69) is 90.8 Å². The van der Waals surface area contributed by atoms with Crippen LogP contribution in [-0.2, 0) is 22.6 Å². The number of alkyl carbamates (subject to hydrolysis) is 1. The number of imidazole rings is 2. The molecule has 10 nitrogen and oxygen atoms in total. The van der Waals surface area contributed by atoms with E-state index in [4.69, 9.17) is 0 Å². The first kappa shape index (κ1) is 28.6. The second kappa shape index (κ2) is 14.1. The maximum absolute atomic E-state index is 12.6. The number of carbonyl (C=O) groups excluding carboxylic acids is 2. The molecular weight excluding hydrogens is 506 g/mol. The van der Waals surface area contributed by atoms with Crippen molar-refractivity contribution in [3.05, 3.63) is 72.6 Å². The minimum atomic E-state index is -0.633. The van der Waals surface area contributed by atoms with Gasteiger partial charge in [0.2, 0.25) is 5.91 Å². The second-order valence-electron chi connectivity index (χ2n) is 9.48. The molecule has 2 aromatic carbocycles. The number of H-pyrrole nitrogens is 2. The van der Waals surface area contributed by atoms with Crippen LogP contribution < -0.4 is 10.6 Å². The molecule has 0 spiro atoms. The minimum absolute atomic E-state index is 0.123. The van der Waals surface area contributed by atoms with Crippen LogP contribution in [0, 0.1) is 0 Å². The van der Waals surface area contributed by atoms with Crippen molar-refractivity contribution in [3.8, 4) is 33.6 Å². The molecule has 0 unspecified atom stereocenters. The van der Waals surface area contributed by atoms with Crippen LogP contribution in [0.15, 0.2) is 60.9 Å². The Bertz CT molecular complexity index is 1380. The molecule has 2 heterocycles. The number of amides is 2. The fourth-order valence-electron chi connectivity index (χ4n) is 4.33. The standard InChI is InChI=1S/C30H37N7O3/c1-4-14-31-18-27-32-16-25(35-27)23-10-6-21(7-11-23)22-8-12-24(13-9-22)26-17-33-28(36-26)20-37(15-5-2)29(38)19-34-30(39)40-3/h6-13,16-17,31H,4-5,14-15,18-20H2,1-3H3,(H,32,35)(H,33,36)(H,34,39). The lowest BCUT2D eigenvalue weighted by Gasteiger charge is -2.21. The first-order valence-electron chi connectivity index (χ1n) is 13.6. The molecule has 2 aromatic heterocycles. The van der Waals surface area contributed by atoms with Gasteiger partial charge in [-0.05, 0) is 41.6 Å². The van der Waals surface area contributed by atoms with Crippen molar-refractivity contribution in [2.24, 2.45) is 0 Å². The average molecular weight is 544 g/mol. The lowest BCUT2D eigenvalue weighted by Crippen LogP contribution is -2.40. The topological polar surface area (TPSA) is 128 Å². The fourth-order valence-corrected chi connectivity index (χ4v) is 4.33. The Morgan fingerprint density at radius 3 is 1.93 bits per heavy atom. The molecule has 0 atom stereocenters. The van der Waals surface area contributed by atoms with Gasteiger partial charge in [-0.3, -0.25) is 4.79 Å². The Hall–Kier alpha value is -4.44. The Labute approximate surface area is 234 Å². The number of hydrogen-bond donors (Lipinski definition) is 4. The zero-order chi connectivity index (χ0) is 28.3. The van der Waals surface area contributed by atoms with Crippen LogP contribution in [-0.4, -0.2) is 63.6 Å². The fraction of sp³-hybridized carbons (Fsp3) is 0.333. The number of methoxy groups -OCH3 is 1. The van der Waals surface area contributed by atoms with Gasteiger partial charge in [-0.25, -0.2) is 14.8 Å². The largest absolute Gasteiger partial charge is 0.453 e. The molecule has 2 amide bonds. The summed E-state index contributed by atoms with van der Waals surface area (Å²) in [7, 11) is 1.27. The maximum Gasteiger partial charge on any atom is 0.407 e. The summed E-state index contributed by atoms with van der Waals surface area (Å²) in [5.41, 5.74) is 6.21. The quantitative estimate of drug-likeness (QED) is 0.181. The van der Waals surface area contributed by atoms with Crippen molar-refractivity contribution in [3.63, 3.8) is 0 Å². The zero-order valence-corrected chi connectivity index (χ0v) is 23.3. The SMILES string of the molecule is CCCNCc1ncc(-c2ccc(-c3ccc(-c4cnc(CN(CCC)C(=O)CNC(=O)OC)[nH]4)cc3)cc2)[nH]1. The third-order valence-corrected chi connectivity index (χ3v) is 6.46. The summed E-state index contributed by atoms with van der Waals surface area (Å²) in [6.45, 7) is 6.61. The van der Waals surface area contributed by atoms with E-state index in [0.29, 0.717) is 18.9 Å². The summed E-state index contributed by atoms with van der Waals surface area (Å²) < 4.78 is 4.54. The molecule has 10 heteroatoms. The molecule has 0 aliphatic heterocycles. The summed E-state index contributed by atoms with van der Waals surface area (Å²) in [4.78, 5) is 41.2. The van der Waals surface area contributed by atoms with E-state index in [1.54, 1.807) is 11.1 Å². The molecule has 0 fully saturated rings. The van der Waals surface area contributed by atoms with E-state index in [9.17, 15) is 9.59 Å². The minimum Gasteiger partial charge on any atom is -0.453 e. The molecule has 0 saturated heterocycles. The van der Waals surface area contributed by atoms with Crippen LogP contribution in [0.1, 0.15) is 38.3 Å². The van der Waals surface area contributed by atoms with E-state index in [0.717, 1.165) is 65.4 Å².